The molecule has 0 amide bonds. The summed E-state index contributed by atoms with van der Waals surface area (Å²) >= 11 is 1.55. The van der Waals surface area contributed by atoms with E-state index >= 15 is 0 Å². The van der Waals surface area contributed by atoms with Crippen LogP contribution in [-0.2, 0) is 13.0 Å². The molecule has 3 rings (SSSR count). The monoisotopic (exact) mass is 326 g/mol. The van der Waals surface area contributed by atoms with Gasteiger partial charge < -0.3 is 4.90 Å². The van der Waals surface area contributed by atoms with Gasteiger partial charge in [0, 0.05) is 36.3 Å². The zero-order valence-electron chi connectivity index (χ0n) is 12.5. The summed E-state index contributed by atoms with van der Waals surface area (Å²) in [6, 6.07) is 8.45. The highest BCUT2D eigenvalue weighted by molar-refractivity contribution is 7.16. The summed E-state index contributed by atoms with van der Waals surface area (Å²) in [4.78, 5) is 18.1. The molecule has 0 aliphatic carbocycles. The molecule has 1 aromatic carbocycles. The van der Waals surface area contributed by atoms with Gasteiger partial charge in [0.05, 0.1) is 10.5 Å². The molecule has 1 aromatic heterocycles. The summed E-state index contributed by atoms with van der Waals surface area (Å²) in [6.45, 7) is 1.80. The second-order valence-electron chi connectivity index (χ2n) is 5.39. The van der Waals surface area contributed by atoms with Crippen LogP contribution in [0.2, 0.25) is 0 Å². The minimum atomic E-state index is -0.432. The van der Waals surface area contributed by atoms with Gasteiger partial charge in [0.2, 0.25) is 0 Å². The van der Waals surface area contributed by atoms with E-state index in [1.54, 1.807) is 29.7 Å². The largest absolute Gasteiger partial charge is 0.301 e. The Labute approximate surface area is 137 Å². The van der Waals surface area contributed by atoms with E-state index in [2.05, 4.69) is 23.0 Å². The third-order valence-electron chi connectivity index (χ3n) is 3.78. The Morgan fingerprint density at radius 3 is 2.83 bits per heavy atom. The smallest absolute Gasteiger partial charge is 0.269 e. The highest BCUT2D eigenvalue weighted by atomic mass is 32.1. The van der Waals surface area contributed by atoms with Crippen molar-refractivity contribution in [3.63, 3.8) is 0 Å². The number of rotatable bonds is 3. The topological polar surface area (TPSA) is 82.5 Å². The van der Waals surface area contributed by atoms with E-state index in [1.807, 2.05) is 0 Å². The summed E-state index contributed by atoms with van der Waals surface area (Å²) in [7, 11) is 2.06. The molecule has 0 radical (unpaired) electrons. The van der Waals surface area contributed by atoms with Crippen LogP contribution in [0.15, 0.2) is 29.3 Å². The minimum Gasteiger partial charge on any atom is -0.301 e. The van der Waals surface area contributed by atoms with Crippen molar-refractivity contribution in [1.29, 1.82) is 5.26 Å². The third kappa shape index (κ3) is 3.13. The summed E-state index contributed by atoms with van der Waals surface area (Å²) < 4.78 is 0. The molecule has 1 aliphatic heterocycles. The van der Waals surface area contributed by atoms with Gasteiger partial charge in [-0.25, -0.2) is 4.99 Å². The molecule has 0 saturated carbocycles. The average Bonchev–Trinajstić information content (AvgIpc) is 2.89. The Bertz CT molecular complexity index is 818. The first kappa shape index (κ1) is 15.3. The number of fused-ring (bicyclic) bond motifs is 1. The molecule has 116 valence electrons. The first-order valence-corrected chi connectivity index (χ1v) is 7.92. The number of nitriles is 1. The molecule has 6 nitrogen and oxygen atoms in total. The Kier molecular flexibility index (Phi) is 4.19. The van der Waals surface area contributed by atoms with E-state index in [1.165, 1.54) is 17.0 Å². The lowest BCUT2D eigenvalue weighted by Gasteiger charge is -2.21. The summed E-state index contributed by atoms with van der Waals surface area (Å²) in [5, 5.41) is 20.8. The predicted octanol–water partition coefficient (Wildman–Crippen LogP) is 3.27. The van der Waals surface area contributed by atoms with Crippen molar-refractivity contribution < 1.29 is 4.92 Å². The van der Waals surface area contributed by atoms with Crippen LogP contribution in [0.4, 0.5) is 10.7 Å². The van der Waals surface area contributed by atoms with E-state index in [9.17, 15) is 15.4 Å². The lowest BCUT2D eigenvalue weighted by Crippen LogP contribution is -2.25. The first-order chi connectivity index (χ1) is 11.1. The maximum absolute atomic E-state index is 10.6. The molecule has 0 unspecified atom stereocenters. The lowest BCUT2D eigenvalue weighted by molar-refractivity contribution is -0.384. The highest BCUT2D eigenvalue weighted by Gasteiger charge is 2.22. The molecule has 0 saturated heterocycles. The Hall–Kier alpha value is -2.56. The van der Waals surface area contributed by atoms with Crippen LogP contribution in [-0.4, -0.2) is 29.6 Å². The van der Waals surface area contributed by atoms with Gasteiger partial charge in [-0.15, -0.1) is 11.3 Å². The van der Waals surface area contributed by atoms with Crippen LogP contribution in [0.25, 0.3) is 0 Å². The van der Waals surface area contributed by atoms with Crippen molar-refractivity contribution in [3.8, 4) is 6.07 Å². The van der Waals surface area contributed by atoms with Crippen LogP contribution in [0, 0.1) is 21.4 Å². The molecule has 7 heteroatoms. The van der Waals surface area contributed by atoms with Crippen molar-refractivity contribution in [2.24, 2.45) is 4.99 Å². The van der Waals surface area contributed by atoms with E-state index in [0.717, 1.165) is 30.6 Å². The van der Waals surface area contributed by atoms with Gasteiger partial charge in [-0.1, -0.05) is 0 Å². The Morgan fingerprint density at radius 2 is 2.17 bits per heavy atom. The van der Waals surface area contributed by atoms with Gasteiger partial charge in [-0.2, -0.15) is 5.26 Å². The zero-order chi connectivity index (χ0) is 16.4. The van der Waals surface area contributed by atoms with Crippen LogP contribution >= 0.6 is 11.3 Å². The molecular formula is C16H14N4O2S. The number of benzene rings is 1. The average molecular weight is 326 g/mol. The number of likely N-dealkylation sites (N-methyl/N-ethyl adjacent to an activating group) is 1. The molecule has 1 aliphatic rings. The van der Waals surface area contributed by atoms with Gasteiger partial charge in [0.1, 0.15) is 11.1 Å². The van der Waals surface area contributed by atoms with E-state index in [-0.39, 0.29) is 5.69 Å². The summed E-state index contributed by atoms with van der Waals surface area (Å²) in [6.07, 6.45) is 2.52. The molecule has 23 heavy (non-hydrogen) atoms. The molecule has 2 heterocycles. The number of hydrogen-bond donors (Lipinski definition) is 0. The van der Waals surface area contributed by atoms with Gasteiger partial charge >= 0.3 is 0 Å². The fourth-order valence-electron chi connectivity index (χ4n) is 2.54. The van der Waals surface area contributed by atoms with Gasteiger partial charge in [-0.3, -0.25) is 10.1 Å². The maximum Gasteiger partial charge on any atom is 0.269 e. The second-order valence-corrected chi connectivity index (χ2v) is 6.47. The molecule has 2 aromatic rings. The van der Waals surface area contributed by atoms with Crippen molar-refractivity contribution in [2.45, 2.75) is 13.0 Å². The maximum atomic E-state index is 10.6. The summed E-state index contributed by atoms with van der Waals surface area (Å²) in [5.41, 5.74) is 2.60. The highest BCUT2D eigenvalue weighted by Crippen LogP contribution is 2.38. The fourth-order valence-corrected chi connectivity index (χ4v) is 3.76. The van der Waals surface area contributed by atoms with E-state index in [4.69, 9.17) is 0 Å². The van der Waals surface area contributed by atoms with Crippen LogP contribution in [0.1, 0.15) is 21.6 Å². The Morgan fingerprint density at radius 1 is 1.43 bits per heavy atom. The normalized spacial score (nSPS) is 14.6. The second kappa shape index (κ2) is 6.28. The molecule has 0 spiro atoms. The minimum absolute atomic E-state index is 0.0505. The van der Waals surface area contributed by atoms with E-state index in [0.29, 0.717) is 10.6 Å². The van der Waals surface area contributed by atoms with Gasteiger partial charge in [0.25, 0.3) is 5.69 Å². The number of thiophene rings is 1. The fraction of sp³-hybridized carbons (Fsp3) is 0.250. The van der Waals surface area contributed by atoms with Crippen molar-refractivity contribution >= 4 is 28.2 Å². The van der Waals surface area contributed by atoms with Crippen LogP contribution in [0.3, 0.4) is 0 Å². The SMILES string of the molecule is CN1CCc2c(sc(/N=C/c3ccc([N+](=O)[O-])cc3)c2C#N)C1. The standard InChI is InChI=1S/C16H14N4O2S/c1-19-7-6-13-14(8-17)16(23-15(13)10-19)18-9-11-2-4-12(5-3-11)20(21)22/h2-5,9H,6-7,10H2,1H3/b18-9+. The predicted molar refractivity (Wildman–Crippen MR) is 89.4 cm³/mol. The van der Waals surface area contributed by atoms with E-state index < -0.39 is 4.92 Å². The zero-order valence-corrected chi connectivity index (χ0v) is 13.3. The van der Waals surface area contributed by atoms with Crippen molar-refractivity contribution in [2.75, 3.05) is 13.6 Å². The van der Waals surface area contributed by atoms with Gasteiger partial charge in [0.15, 0.2) is 0 Å². The molecule has 0 bridgehead atoms. The number of non-ortho nitro benzene ring substituents is 1. The first-order valence-electron chi connectivity index (χ1n) is 7.10. The van der Waals surface area contributed by atoms with Gasteiger partial charge in [-0.05, 0) is 36.7 Å². The third-order valence-corrected chi connectivity index (χ3v) is 4.90. The number of hydrogen-bond acceptors (Lipinski definition) is 6. The molecule has 0 fully saturated rings. The molecule has 0 N–H and O–H groups in total. The summed E-state index contributed by atoms with van der Waals surface area (Å²) in [5.74, 6) is 0. The Balaban J connectivity index is 1.88. The van der Waals surface area contributed by atoms with Crippen LogP contribution in [0.5, 0.6) is 0 Å². The van der Waals surface area contributed by atoms with Crippen LogP contribution < -0.4 is 0 Å². The lowest BCUT2D eigenvalue weighted by atomic mass is 10.0. The number of nitro benzene ring substituents is 1. The number of nitro groups is 1. The van der Waals surface area contributed by atoms with Crippen molar-refractivity contribution in [1.82, 2.24) is 4.90 Å². The molecule has 0 atom stereocenters. The van der Waals surface area contributed by atoms with Crippen molar-refractivity contribution in [3.05, 3.63) is 55.9 Å². The quantitative estimate of drug-likeness (QED) is 0.492. The number of nitrogens with zero attached hydrogens (tertiary/aromatic N) is 4. The molecular weight excluding hydrogens is 312 g/mol. The number of aliphatic imine (C=N–C) groups is 1.